The molecule has 2 aromatic carbocycles. The summed E-state index contributed by atoms with van der Waals surface area (Å²) in [6.07, 6.45) is -0.646. The summed E-state index contributed by atoms with van der Waals surface area (Å²) >= 11 is 3.31. The predicted octanol–water partition coefficient (Wildman–Crippen LogP) is 2.75. The smallest absolute Gasteiger partial charge is 0.253 e. The normalized spacial score (nSPS) is 11.3. The van der Waals surface area contributed by atoms with Crippen molar-refractivity contribution in [3.05, 3.63) is 58.1 Å². The third-order valence-electron chi connectivity index (χ3n) is 3.67. The molecule has 2 aromatic rings. The third-order valence-corrected chi connectivity index (χ3v) is 4.20. The first-order valence-corrected chi connectivity index (χ1v) is 8.72. The molecule has 0 radical (unpaired) electrons. The molecule has 2 rings (SSSR count). The molecule has 0 aromatic heterocycles. The van der Waals surface area contributed by atoms with Gasteiger partial charge in [0, 0.05) is 11.0 Å². The number of carbonyl (C=O) groups excluding carboxylic acids is 1. The van der Waals surface area contributed by atoms with Crippen LogP contribution < -0.4 is 14.8 Å². The van der Waals surface area contributed by atoms with Crippen molar-refractivity contribution in [1.82, 2.24) is 5.32 Å². The van der Waals surface area contributed by atoms with Crippen molar-refractivity contribution >= 4 is 21.8 Å². The van der Waals surface area contributed by atoms with Gasteiger partial charge >= 0.3 is 0 Å². The highest BCUT2D eigenvalue weighted by atomic mass is 79.9. The van der Waals surface area contributed by atoms with Gasteiger partial charge in [0.25, 0.3) is 5.91 Å². The number of methoxy groups -OCH3 is 1. The second-order valence-corrected chi connectivity index (χ2v) is 6.34. The molecule has 0 saturated carbocycles. The lowest BCUT2D eigenvalue weighted by Gasteiger charge is -2.13. The minimum absolute atomic E-state index is 0.0558. The maximum Gasteiger partial charge on any atom is 0.253 e. The second kappa shape index (κ2) is 9.80. The zero-order valence-corrected chi connectivity index (χ0v) is 15.8. The topological polar surface area (TPSA) is 91.6 Å². The van der Waals surface area contributed by atoms with Crippen LogP contribution in [0.15, 0.2) is 46.9 Å². The van der Waals surface area contributed by atoms with Crippen LogP contribution in [0.4, 0.5) is 0 Å². The Balaban J connectivity index is 1.89. The molecule has 0 aliphatic carbocycles. The van der Waals surface area contributed by atoms with Gasteiger partial charge in [0.1, 0.15) is 6.07 Å². The van der Waals surface area contributed by atoms with Crippen LogP contribution in [0.2, 0.25) is 0 Å². The van der Waals surface area contributed by atoms with Gasteiger partial charge in [-0.25, -0.2) is 0 Å². The fourth-order valence-corrected chi connectivity index (χ4v) is 2.58. The minimum atomic E-state index is -1.21. The highest BCUT2D eigenvalue weighted by Crippen LogP contribution is 2.28. The maximum absolute atomic E-state index is 12.1. The summed E-state index contributed by atoms with van der Waals surface area (Å²) < 4.78 is 11.4. The van der Waals surface area contributed by atoms with Gasteiger partial charge in [0.15, 0.2) is 24.2 Å². The molecule has 0 bridgehead atoms. The van der Waals surface area contributed by atoms with Crippen LogP contribution in [-0.4, -0.2) is 31.3 Å². The molecular weight excluding hydrogens is 400 g/mol. The number of carbonyl (C=O) groups is 1. The van der Waals surface area contributed by atoms with E-state index in [4.69, 9.17) is 14.7 Å². The molecular formula is C19H19BrN2O4. The molecule has 0 aliphatic heterocycles. The molecule has 0 aliphatic rings. The number of hydrogen-bond acceptors (Lipinski definition) is 5. The zero-order valence-electron chi connectivity index (χ0n) is 14.2. The van der Waals surface area contributed by atoms with Gasteiger partial charge in [-0.2, -0.15) is 5.26 Å². The number of amides is 1. The van der Waals surface area contributed by atoms with E-state index in [0.717, 1.165) is 10.0 Å². The quantitative estimate of drug-likeness (QED) is 0.687. The Morgan fingerprint density at radius 1 is 1.27 bits per heavy atom. The molecule has 1 amide bonds. The van der Waals surface area contributed by atoms with Gasteiger partial charge in [-0.15, -0.1) is 0 Å². The predicted molar refractivity (Wildman–Crippen MR) is 99.9 cm³/mol. The van der Waals surface area contributed by atoms with Gasteiger partial charge in [-0.1, -0.05) is 34.1 Å². The number of hydrogen-bond donors (Lipinski definition) is 2. The number of aliphatic hydroxyl groups excluding tert-OH is 1. The van der Waals surface area contributed by atoms with E-state index >= 15 is 0 Å². The van der Waals surface area contributed by atoms with E-state index in [-0.39, 0.29) is 6.61 Å². The Bertz CT molecular complexity index is 787. The Kier molecular flexibility index (Phi) is 7.45. The van der Waals surface area contributed by atoms with E-state index in [1.54, 1.807) is 36.4 Å². The standard InChI is InChI=1S/C19H19BrN2O4/c1-25-17-12-13(2-7-16(17)26-11-9-21)8-10-22-19(24)18(23)14-3-5-15(20)6-4-14/h2-7,12,18,23H,8,10-11H2,1H3,(H,22,24)/t18-/m1/s1. The first-order valence-electron chi connectivity index (χ1n) is 7.93. The summed E-state index contributed by atoms with van der Waals surface area (Å²) in [5.74, 6) is 0.569. The minimum Gasteiger partial charge on any atom is -0.493 e. The van der Waals surface area contributed by atoms with Gasteiger partial charge in [-0.05, 0) is 41.8 Å². The zero-order chi connectivity index (χ0) is 18.9. The summed E-state index contributed by atoms with van der Waals surface area (Å²) in [6, 6.07) is 14.2. The SMILES string of the molecule is COc1cc(CCNC(=O)[C@H](O)c2ccc(Br)cc2)ccc1OCC#N. The van der Waals surface area contributed by atoms with Crippen LogP contribution in [0.3, 0.4) is 0 Å². The van der Waals surface area contributed by atoms with E-state index in [1.165, 1.54) is 7.11 Å². The summed E-state index contributed by atoms with van der Waals surface area (Å²) in [5.41, 5.74) is 1.47. The fraction of sp³-hybridized carbons (Fsp3) is 0.263. The van der Waals surface area contributed by atoms with E-state index < -0.39 is 12.0 Å². The fourth-order valence-electron chi connectivity index (χ4n) is 2.32. The lowest BCUT2D eigenvalue weighted by Crippen LogP contribution is -2.30. The molecule has 0 saturated heterocycles. The maximum atomic E-state index is 12.1. The monoisotopic (exact) mass is 418 g/mol. The van der Waals surface area contributed by atoms with Crippen molar-refractivity contribution in [2.75, 3.05) is 20.3 Å². The second-order valence-electron chi connectivity index (χ2n) is 5.43. The van der Waals surface area contributed by atoms with Gasteiger partial charge in [-0.3, -0.25) is 4.79 Å². The molecule has 1 atom stereocenters. The van der Waals surface area contributed by atoms with Crippen molar-refractivity contribution in [2.45, 2.75) is 12.5 Å². The molecule has 0 unspecified atom stereocenters. The van der Waals surface area contributed by atoms with Crippen molar-refractivity contribution in [2.24, 2.45) is 0 Å². The van der Waals surface area contributed by atoms with E-state index in [1.807, 2.05) is 12.1 Å². The molecule has 0 fully saturated rings. The first kappa shape index (κ1) is 19.8. The van der Waals surface area contributed by atoms with Gasteiger partial charge < -0.3 is 19.9 Å². The lowest BCUT2D eigenvalue weighted by molar-refractivity contribution is -0.129. The average Bonchev–Trinajstić information content (AvgIpc) is 2.66. The Morgan fingerprint density at radius 2 is 2.00 bits per heavy atom. The number of nitrogens with zero attached hydrogens (tertiary/aromatic N) is 1. The summed E-state index contributed by atoms with van der Waals surface area (Å²) in [6.45, 7) is 0.313. The molecule has 7 heteroatoms. The number of ether oxygens (including phenoxy) is 2. The Labute approximate surface area is 160 Å². The number of benzene rings is 2. The van der Waals surface area contributed by atoms with E-state index in [0.29, 0.717) is 30.0 Å². The Morgan fingerprint density at radius 3 is 2.65 bits per heavy atom. The number of halogens is 1. The van der Waals surface area contributed by atoms with Crippen LogP contribution >= 0.6 is 15.9 Å². The van der Waals surface area contributed by atoms with Gasteiger partial charge in [0.05, 0.1) is 7.11 Å². The number of nitriles is 1. The van der Waals surface area contributed by atoms with Crippen molar-refractivity contribution in [1.29, 1.82) is 5.26 Å². The van der Waals surface area contributed by atoms with Crippen LogP contribution in [0, 0.1) is 11.3 Å². The third kappa shape index (κ3) is 5.48. The summed E-state index contributed by atoms with van der Waals surface area (Å²) in [7, 11) is 1.52. The average molecular weight is 419 g/mol. The molecule has 0 heterocycles. The van der Waals surface area contributed by atoms with Crippen molar-refractivity contribution < 1.29 is 19.4 Å². The number of aliphatic hydroxyl groups is 1. The van der Waals surface area contributed by atoms with Crippen LogP contribution in [0.1, 0.15) is 17.2 Å². The number of nitrogens with one attached hydrogen (secondary N) is 1. The molecule has 6 nitrogen and oxygen atoms in total. The molecule has 26 heavy (non-hydrogen) atoms. The summed E-state index contributed by atoms with van der Waals surface area (Å²) in [4.78, 5) is 12.1. The van der Waals surface area contributed by atoms with E-state index in [2.05, 4.69) is 21.2 Å². The van der Waals surface area contributed by atoms with Crippen molar-refractivity contribution in [3.8, 4) is 17.6 Å². The van der Waals surface area contributed by atoms with Crippen LogP contribution in [0.5, 0.6) is 11.5 Å². The van der Waals surface area contributed by atoms with Crippen molar-refractivity contribution in [3.63, 3.8) is 0 Å². The van der Waals surface area contributed by atoms with Gasteiger partial charge in [0.2, 0.25) is 0 Å². The number of rotatable bonds is 8. The molecule has 136 valence electrons. The highest BCUT2D eigenvalue weighted by molar-refractivity contribution is 9.10. The molecule has 2 N–H and O–H groups in total. The summed E-state index contributed by atoms with van der Waals surface area (Å²) in [5, 5.41) is 21.4. The highest BCUT2D eigenvalue weighted by Gasteiger charge is 2.16. The first-order chi connectivity index (χ1) is 12.5. The van der Waals surface area contributed by atoms with Crippen LogP contribution in [0.25, 0.3) is 0 Å². The lowest BCUT2D eigenvalue weighted by atomic mass is 10.1. The van der Waals surface area contributed by atoms with E-state index in [9.17, 15) is 9.90 Å². The molecule has 0 spiro atoms. The largest absolute Gasteiger partial charge is 0.493 e. The van der Waals surface area contributed by atoms with Crippen LogP contribution in [-0.2, 0) is 11.2 Å². The Hall–Kier alpha value is -2.56.